The lowest BCUT2D eigenvalue weighted by Gasteiger charge is -2.14. The Morgan fingerprint density at radius 1 is 1.25 bits per heavy atom. The molecule has 154 valence electrons. The molecule has 0 aromatic heterocycles. The van der Waals surface area contributed by atoms with Gasteiger partial charge in [0.25, 0.3) is 0 Å². The van der Waals surface area contributed by atoms with Gasteiger partial charge in [-0.25, -0.2) is 4.99 Å². The van der Waals surface area contributed by atoms with Crippen LogP contribution < -0.4 is 10.6 Å². The third-order valence-electron chi connectivity index (χ3n) is 3.94. The molecule has 1 fully saturated rings. The van der Waals surface area contributed by atoms with Gasteiger partial charge < -0.3 is 15.5 Å². The Morgan fingerprint density at radius 2 is 1.96 bits per heavy atom. The minimum Gasteiger partial charge on any atom is -0.357 e. The van der Waals surface area contributed by atoms with Crippen molar-refractivity contribution in [1.82, 2.24) is 15.5 Å². The molecule has 28 heavy (non-hydrogen) atoms. The summed E-state index contributed by atoms with van der Waals surface area (Å²) in [5.74, 6) is 5.89. The lowest BCUT2D eigenvalue weighted by molar-refractivity contribution is -0.137. The average molecular weight is 508 g/mol. The van der Waals surface area contributed by atoms with Crippen LogP contribution in [0.5, 0.6) is 0 Å². The number of benzene rings is 1. The van der Waals surface area contributed by atoms with Crippen LogP contribution in [0, 0.1) is 11.8 Å². The van der Waals surface area contributed by atoms with Gasteiger partial charge >= 0.3 is 6.18 Å². The maximum Gasteiger partial charge on any atom is 0.416 e. The Labute approximate surface area is 180 Å². The molecule has 9 heteroatoms. The fourth-order valence-corrected chi connectivity index (χ4v) is 2.60. The number of alkyl halides is 3. The zero-order valence-corrected chi connectivity index (χ0v) is 17.9. The molecule has 1 aromatic carbocycles. The van der Waals surface area contributed by atoms with Gasteiger partial charge in [0.05, 0.1) is 12.1 Å². The second kappa shape index (κ2) is 11.8. The summed E-state index contributed by atoms with van der Waals surface area (Å²) in [6.45, 7) is 4.32. The Kier molecular flexibility index (Phi) is 10.1. The van der Waals surface area contributed by atoms with Crippen LogP contribution in [0.15, 0.2) is 29.3 Å². The minimum absolute atomic E-state index is 0. The van der Waals surface area contributed by atoms with E-state index in [0.29, 0.717) is 12.5 Å². The molecule has 1 aliphatic heterocycles. The van der Waals surface area contributed by atoms with Crippen LogP contribution in [0.25, 0.3) is 0 Å². The van der Waals surface area contributed by atoms with E-state index in [0.717, 1.165) is 38.1 Å². The molecule has 2 rings (SSSR count). The van der Waals surface area contributed by atoms with E-state index in [9.17, 15) is 18.0 Å². The standard InChI is InChI=1S/C19H23F3N4O.HI/c1-2-23-18(25-14-17(27)26-11-3-4-12-26)24-10-6-8-15-7-5-9-16(13-15)19(20,21)22;/h5,7,9,13H,2-4,10-12,14H2,1H3,(H2,23,24,25);1H. The number of rotatable bonds is 4. The van der Waals surface area contributed by atoms with E-state index >= 15 is 0 Å². The lowest BCUT2D eigenvalue weighted by Crippen LogP contribution is -2.39. The average Bonchev–Trinajstić information content (AvgIpc) is 3.17. The molecule has 0 saturated carbocycles. The maximum absolute atomic E-state index is 12.7. The Morgan fingerprint density at radius 3 is 2.61 bits per heavy atom. The number of likely N-dealkylation sites (tertiary alicyclic amines) is 1. The van der Waals surface area contributed by atoms with Crippen molar-refractivity contribution in [2.24, 2.45) is 4.99 Å². The summed E-state index contributed by atoms with van der Waals surface area (Å²) in [5, 5.41) is 5.96. The van der Waals surface area contributed by atoms with Gasteiger partial charge in [-0.1, -0.05) is 17.9 Å². The van der Waals surface area contributed by atoms with Gasteiger partial charge in [-0.15, -0.1) is 24.0 Å². The van der Waals surface area contributed by atoms with Crippen LogP contribution >= 0.6 is 24.0 Å². The molecule has 1 amide bonds. The SMILES string of the molecule is CCNC(=NCC(=O)N1CCCC1)NCC#Cc1cccc(C(F)(F)F)c1.I. The predicted octanol–water partition coefficient (Wildman–Crippen LogP) is 2.85. The van der Waals surface area contributed by atoms with Gasteiger partial charge in [0.1, 0.15) is 6.54 Å². The van der Waals surface area contributed by atoms with Gasteiger partial charge in [0.15, 0.2) is 5.96 Å². The Balaban J connectivity index is 0.00000392. The molecule has 0 aliphatic carbocycles. The fourth-order valence-electron chi connectivity index (χ4n) is 2.60. The number of amides is 1. The summed E-state index contributed by atoms with van der Waals surface area (Å²) in [4.78, 5) is 18.1. The third kappa shape index (κ3) is 7.96. The highest BCUT2D eigenvalue weighted by Gasteiger charge is 2.30. The first kappa shape index (κ1) is 24.1. The van der Waals surface area contributed by atoms with Crippen LogP contribution in [0.1, 0.15) is 30.9 Å². The fraction of sp³-hybridized carbons (Fsp3) is 0.474. The van der Waals surface area contributed by atoms with Crippen molar-refractivity contribution in [1.29, 1.82) is 0 Å². The molecule has 0 bridgehead atoms. The van der Waals surface area contributed by atoms with Crippen LogP contribution in [-0.2, 0) is 11.0 Å². The first-order chi connectivity index (χ1) is 12.9. The predicted molar refractivity (Wildman–Crippen MR) is 114 cm³/mol. The van der Waals surface area contributed by atoms with E-state index in [1.54, 1.807) is 4.90 Å². The van der Waals surface area contributed by atoms with Crippen molar-refractivity contribution in [3.05, 3.63) is 35.4 Å². The zero-order chi connectivity index (χ0) is 19.7. The molecular weight excluding hydrogens is 484 g/mol. The second-order valence-electron chi connectivity index (χ2n) is 6.02. The van der Waals surface area contributed by atoms with Crippen molar-refractivity contribution in [3.63, 3.8) is 0 Å². The molecular formula is C19H24F3IN4O. The Bertz CT molecular complexity index is 735. The zero-order valence-electron chi connectivity index (χ0n) is 15.6. The van der Waals surface area contributed by atoms with Crippen molar-refractivity contribution in [2.45, 2.75) is 25.9 Å². The molecule has 5 nitrogen and oxygen atoms in total. The highest BCUT2D eigenvalue weighted by Crippen LogP contribution is 2.29. The lowest BCUT2D eigenvalue weighted by atomic mass is 10.1. The molecule has 0 unspecified atom stereocenters. The van der Waals surface area contributed by atoms with Gasteiger partial charge in [-0.2, -0.15) is 13.2 Å². The number of nitrogens with zero attached hydrogens (tertiary/aromatic N) is 2. The summed E-state index contributed by atoms with van der Waals surface area (Å²) in [6.07, 6.45) is -2.33. The Hall–Kier alpha value is -1.96. The van der Waals surface area contributed by atoms with E-state index in [1.807, 2.05) is 6.92 Å². The summed E-state index contributed by atoms with van der Waals surface area (Å²) < 4.78 is 38.1. The smallest absolute Gasteiger partial charge is 0.357 e. The molecule has 1 heterocycles. The van der Waals surface area contributed by atoms with Crippen molar-refractivity contribution in [3.8, 4) is 11.8 Å². The highest BCUT2D eigenvalue weighted by molar-refractivity contribution is 14.0. The number of aliphatic imine (C=N–C) groups is 1. The summed E-state index contributed by atoms with van der Waals surface area (Å²) in [6, 6.07) is 4.88. The number of guanidine groups is 1. The molecule has 2 N–H and O–H groups in total. The minimum atomic E-state index is -4.39. The summed E-state index contributed by atoms with van der Waals surface area (Å²) in [7, 11) is 0. The first-order valence-corrected chi connectivity index (χ1v) is 8.86. The van der Waals surface area contributed by atoms with E-state index < -0.39 is 11.7 Å². The van der Waals surface area contributed by atoms with Crippen LogP contribution in [0.3, 0.4) is 0 Å². The number of carbonyl (C=O) groups is 1. The summed E-state index contributed by atoms with van der Waals surface area (Å²) >= 11 is 0. The molecule has 1 saturated heterocycles. The molecule has 0 radical (unpaired) electrons. The normalized spacial score (nSPS) is 14.0. The molecule has 0 atom stereocenters. The number of hydrogen-bond acceptors (Lipinski definition) is 2. The third-order valence-corrected chi connectivity index (χ3v) is 3.94. The molecule has 0 spiro atoms. The first-order valence-electron chi connectivity index (χ1n) is 8.86. The number of carbonyl (C=O) groups excluding carboxylic acids is 1. The highest BCUT2D eigenvalue weighted by atomic mass is 127. The van der Waals surface area contributed by atoms with E-state index in [2.05, 4.69) is 27.5 Å². The largest absolute Gasteiger partial charge is 0.416 e. The summed E-state index contributed by atoms with van der Waals surface area (Å²) in [5.41, 5.74) is -0.435. The van der Waals surface area contributed by atoms with Gasteiger partial charge in [0.2, 0.25) is 5.91 Å². The van der Waals surface area contributed by atoms with Gasteiger partial charge in [-0.05, 0) is 38.0 Å². The van der Waals surface area contributed by atoms with Crippen molar-refractivity contribution >= 4 is 35.8 Å². The van der Waals surface area contributed by atoms with Gasteiger partial charge in [0, 0.05) is 25.2 Å². The van der Waals surface area contributed by atoms with E-state index in [-0.39, 0.29) is 48.5 Å². The number of hydrogen-bond donors (Lipinski definition) is 2. The van der Waals surface area contributed by atoms with Crippen molar-refractivity contribution < 1.29 is 18.0 Å². The van der Waals surface area contributed by atoms with Crippen LogP contribution in [0.2, 0.25) is 0 Å². The topological polar surface area (TPSA) is 56.7 Å². The quantitative estimate of drug-likeness (QED) is 0.285. The molecule has 1 aliphatic rings. The number of halogens is 4. The van der Waals surface area contributed by atoms with E-state index in [1.165, 1.54) is 12.1 Å². The number of nitrogens with one attached hydrogen (secondary N) is 2. The second-order valence-corrected chi connectivity index (χ2v) is 6.02. The van der Waals surface area contributed by atoms with E-state index in [4.69, 9.17) is 0 Å². The molecule has 1 aromatic rings. The van der Waals surface area contributed by atoms with Crippen LogP contribution in [0.4, 0.5) is 13.2 Å². The van der Waals surface area contributed by atoms with Crippen LogP contribution in [-0.4, -0.2) is 49.5 Å². The van der Waals surface area contributed by atoms with Crippen molar-refractivity contribution in [2.75, 3.05) is 32.7 Å². The maximum atomic E-state index is 12.7. The van der Waals surface area contributed by atoms with Gasteiger partial charge in [-0.3, -0.25) is 4.79 Å². The monoisotopic (exact) mass is 508 g/mol.